The third-order valence-corrected chi connectivity index (χ3v) is 2.82. The van der Waals surface area contributed by atoms with Gasteiger partial charge >= 0.3 is 0 Å². The van der Waals surface area contributed by atoms with Crippen molar-refractivity contribution in [1.29, 1.82) is 0 Å². The van der Waals surface area contributed by atoms with Crippen LogP contribution in [0.3, 0.4) is 0 Å². The molecular formula is C12H13BrN2O2. The SMILES string of the molecule is CC(O)CCc1nc(-c2cccc(Br)c2)no1. The summed E-state index contributed by atoms with van der Waals surface area (Å²) >= 11 is 3.40. The van der Waals surface area contributed by atoms with Gasteiger partial charge in [0, 0.05) is 16.5 Å². The van der Waals surface area contributed by atoms with Gasteiger partial charge in [-0.2, -0.15) is 4.98 Å². The van der Waals surface area contributed by atoms with Crippen LogP contribution in [-0.2, 0) is 6.42 Å². The molecule has 0 bridgehead atoms. The highest BCUT2D eigenvalue weighted by molar-refractivity contribution is 9.10. The summed E-state index contributed by atoms with van der Waals surface area (Å²) in [7, 11) is 0. The van der Waals surface area contributed by atoms with E-state index in [0.29, 0.717) is 24.6 Å². The van der Waals surface area contributed by atoms with E-state index in [0.717, 1.165) is 10.0 Å². The van der Waals surface area contributed by atoms with Crippen molar-refractivity contribution in [3.05, 3.63) is 34.6 Å². The van der Waals surface area contributed by atoms with Crippen LogP contribution in [0.25, 0.3) is 11.4 Å². The third kappa shape index (κ3) is 3.38. The van der Waals surface area contributed by atoms with Crippen LogP contribution in [0.4, 0.5) is 0 Å². The molecule has 0 saturated heterocycles. The molecule has 0 fully saturated rings. The largest absolute Gasteiger partial charge is 0.393 e. The van der Waals surface area contributed by atoms with Gasteiger partial charge in [0.25, 0.3) is 0 Å². The standard InChI is InChI=1S/C12H13BrN2O2/c1-8(16)5-6-11-14-12(15-17-11)9-3-2-4-10(13)7-9/h2-4,7-8,16H,5-6H2,1H3. The molecule has 0 radical (unpaired) electrons. The number of rotatable bonds is 4. The molecule has 2 rings (SSSR count). The van der Waals surface area contributed by atoms with E-state index in [4.69, 9.17) is 4.52 Å². The van der Waals surface area contributed by atoms with Crippen LogP contribution in [0.15, 0.2) is 33.3 Å². The quantitative estimate of drug-likeness (QED) is 0.942. The molecule has 1 aromatic carbocycles. The van der Waals surface area contributed by atoms with E-state index in [1.807, 2.05) is 24.3 Å². The Hall–Kier alpha value is -1.20. The van der Waals surface area contributed by atoms with Crippen LogP contribution in [0.5, 0.6) is 0 Å². The molecule has 90 valence electrons. The maximum Gasteiger partial charge on any atom is 0.227 e. The van der Waals surface area contributed by atoms with E-state index in [9.17, 15) is 5.11 Å². The van der Waals surface area contributed by atoms with Gasteiger partial charge in [-0.25, -0.2) is 0 Å². The summed E-state index contributed by atoms with van der Waals surface area (Å²) in [6.45, 7) is 1.74. The fourth-order valence-electron chi connectivity index (χ4n) is 1.43. The zero-order valence-corrected chi connectivity index (χ0v) is 11.0. The second kappa shape index (κ2) is 5.42. The maximum atomic E-state index is 9.18. The van der Waals surface area contributed by atoms with Crippen molar-refractivity contribution in [3.63, 3.8) is 0 Å². The second-order valence-corrected chi connectivity index (χ2v) is 4.83. The Morgan fingerprint density at radius 1 is 1.47 bits per heavy atom. The number of hydrogen-bond acceptors (Lipinski definition) is 4. The lowest BCUT2D eigenvalue weighted by Gasteiger charge is -1.98. The molecule has 0 aliphatic rings. The topological polar surface area (TPSA) is 59.2 Å². The molecular weight excluding hydrogens is 284 g/mol. The van der Waals surface area contributed by atoms with Crippen LogP contribution in [0.2, 0.25) is 0 Å². The van der Waals surface area contributed by atoms with Gasteiger partial charge in [-0.15, -0.1) is 0 Å². The minimum atomic E-state index is -0.351. The second-order valence-electron chi connectivity index (χ2n) is 3.91. The summed E-state index contributed by atoms with van der Waals surface area (Å²) in [5.74, 6) is 1.13. The predicted molar refractivity (Wildman–Crippen MR) is 67.4 cm³/mol. The van der Waals surface area contributed by atoms with E-state index < -0.39 is 0 Å². The van der Waals surface area contributed by atoms with Crippen LogP contribution >= 0.6 is 15.9 Å². The maximum absolute atomic E-state index is 9.18. The summed E-state index contributed by atoms with van der Waals surface area (Å²) in [6.07, 6.45) is 0.870. The molecule has 0 saturated carbocycles. The molecule has 1 N–H and O–H groups in total. The number of aromatic nitrogens is 2. The number of aliphatic hydroxyl groups is 1. The summed E-state index contributed by atoms with van der Waals surface area (Å²) in [6, 6.07) is 7.72. The molecule has 0 spiro atoms. The van der Waals surface area contributed by atoms with Crippen molar-refractivity contribution in [1.82, 2.24) is 10.1 Å². The van der Waals surface area contributed by atoms with E-state index in [1.165, 1.54) is 0 Å². The van der Waals surface area contributed by atoms with Crippen LogP contribution in [-0.4, -0.2) is 21.4 Å². The average molecular weight is 297 g/mol. The molecule has 1 unspecified atom stereocenters. The van der Waals surface area contributed by atoms with Crippen LogP contribution in [0, 0.1) is 0 Å². The van der Waals surface area contributed by atoms with Gasteiger partial charge < -0.3 is 9.63 Å². The lowest BCUT2D eigenvalue weighted by atomic mass is 10.2. The fraction of sp³-hybridized carbons (Fsp3) is 0.333. The molecule has 2 aromatic rings. The van der Waals surface area contributed by atoms with Crippen molar-refractivity contribution in [3.8, 4) is 11.4 Å². The predicted octanol–water partition coefficient (Wildman–Crippen LogP) is 2.81. The Morgan fingerprint density at radius 2 is 2.29 bits per heavy atom. The molecule has 1 atom stereocenters. The van der Waals surface area contributed by atoms with Gasteiger partial charge in [-0.3, -0.25) is 0 Å². The molecule has 17 heavy (non-hydrogen) atoms. The fourth-order valence-corrected chi connectivity index (χ4v) is 1.83. The zero-order chi connectivity index (χ0) is 12.3. The molecule has 5 heteroatoms. The number of hydrogen-bond donors (Lipinski definition) is 1. The number of nitrogens with zero attached hydrogens (tertiary/aromatic N) is 2. The van der Waals surface area contributed by atoms with Crippen LogP contribution in [0.1, 0.15) is 19.2 Å². The van der Waals surface area contributed by atoms with E-state index in [1.54, 1.807) is 6.92 Å². The normalized spacial score (nSPS) is 12.6. The summed E-state index contributed by atoms with van der Waals surface area (Å²) in [5.41, 5.74) is 0.909. The van der Waals surface area contributed by atoms with Gasteiger partial charge in [0.2, 0.25) is 11.7 Å². The lowest BCUT2D eigenvalue weighted by Crippen LogP contribution is -2.01. The first-order chi connectivity index (χ1) is 8.15. The van der Waals surface area contributed by atoms with Gasteiger partial charge in [-0.05, 0) is 25.5 Å². The Labute approximate surface area is 108 Å². The molecule has 0 amide bonds. The van der Waals surface area contributed by atoms with Gasteiger partial charge in [0.1, 0.15) is 0 Å². The van der Waals surface area contributed by atoms with Gasteiger partial charge in [-0.1, -0.05) is 33.2 Å². The van der Waals surface area contributed by atoms with E-state index in [-0.39, 0.29) is 6.10 Å². The van der Waals surface area contributed by atoms with E-state index in [2.05, 4.69) is 26.1 Å². The first kappa shape index (κ1) is 12.3. The Kier molecular flexibility index (Phi) is 3.91. The Morgan fingerprint density at radius 3 is 3.00 bits per heavy atom. The number of aryl methyl sites for hydroxylation is 1. The lowest BCUT2D eigenvalue weighted by molar-refractivity contribution is 0.180. The summed E-state index contributed by atoms with van der Waals surface area (Å²) in [4.78, 5) is 4.28. The molecule has 0 aliphatic carbocycles. The molecule has 1 aromatic heterocycles. The highest BCUT2D eigenvalue weighted by Crippen LogP contribution is 2.20. The number of benzene rings is 1. The summed E-state index contributed by atoms with van der Waals surface area (Å²) in [5, 5.41) is 13.1. The van der Waals surface area contributed by atoms with E-state index >= 15 is 0 Å². The number of aliphatic hydroxyl groups excluding tert-OH is 1. The van der Waals surface area contributed by atoms with Crippen molar-refractivity contribution in [2.45, 2.75) is 25.9 Å². The minimum Gasteiger partial charge on any atom is -0.393 e. The molecule has 4 nitrogen and oxygen atoms in total. The monoisotopic (exact) mass is 296 g/mol. The smallest absolute Gasteiger partial charge is 0.227 e. The first-order valence-electron chi connectivity index (χ1n) is 5.42. The Balaban J connectivity index is 2.12. The average Bonchev–Trinajstić information content (AvgIpc) is 2.75. The van der Waals surface area contributed by atoms with Crippen molar-refractivity contribution in [2.24, 2.45) is 0 Å². The minimum absolute atomic E-state index is 0.351. The Bertz CT molecular complexity index is 497. The van der Waals surface area contributed by atoms with Crippen molar-refractivity contribution >= 4 is 15.9 Å². The summed E-state index contributed by atoms with van der Waals surface area (Å²) < 4.78 is 6.10. The number of halogens is 1. The zero-order valence-electron chi connectivity index (χ0n) is 9.43. The first-order valence-corrected chi connectivity index (χ1v) is 6.21. The van der Waals surface area contributed by atoms with Crippen molar-refractivity contribution < 1.29 is 9.63 Å². The highest BCUT2D eigenvalue weighted by atomic mass is 79.9. The van der Waals surface area contributed by atoms with Crippen molar-refractivity contribution in [2.75, 3.05) is 0 Å². The van der Waals surface area contributed by atoms with Gasteiger partial charge in [0.05, 0.1) is 6.10 Å². The third-order valence-electron chi connectivity index (χ3n) is 2.33. The highest BCUT2D eigenvalue weighted by Gasteiger charge is 2.09. The van der Waals surface area contributed by atoms with Gasteiger partial charge in [0.15, 0.2) is 0 Å². The molecule has 0 aliphatic heterocycles. The van der Waals surface area contributed by atoms with Crippen LogP contribution < -0.4 is 0 Å². The molecule has 1 heterocycles.